The van der Waals surface area contributed by atoms with Crippen LogP contribution in [0.3, 0.4) is 0 Å². The number of nitrogens with one attached hydrogen (secondary N) is 1. The van der Waals surface area contributed by atoms with Crippen LogP contribution in [0.25, 0.3) is 0 Å². The Kier molecular flexibility index (Phi) is 4.14. The van der Waals surface area contributed by atoms with Gasteiger partial charge in [-0.1, -0.05) is 19.3 Å². The van der Waals surface area contributed by atoms with E-state index in [1.807, 2.05) is 0 Å². The topological polar surface area (TPSA) is 75.1 Å². The minimum Gasteiger partial charge on any atom is -0.388 e. The summed E-state index contributed by atoms with van der Waals surface area (Å²) in [4.78, 5) is 20.3. The molecule has 0 aliphatic heterocycles. The Labute approximate surface area is 113 Å². The maximum atomic E-state index is 12.1. The quantitative estimate of drug-likeness (QED) is 0.867. The van der Waals surface area contributed by atoms with Crippen molar-refractivity contribution in [2.75, 3.05) is 6.54 Å². The van der Waals surface area contributed by atoms with Gasteiger partial charge in [0.15, 0.2) is 0 Å². The van der Waals surface area contributed by atoms with E-state index in [1.54, 1.807) is 13.8 Å². The molecule has 19 heavy (non-hydrogen) atoms. The SMILES string of the molecule is Cc1ncc(C(=O)NCC2(O)CCCCC2)c(C)n1. The first kappa shape index (κ1) is 13.9. The summed E-state index contributed by atoms with van der Waals surface area (Å²) in [5.74, 6) is 0.441. The van der Waals surface area contributed by atoms with E-state index in [1.165, 1.54) is 12.6 Å². The monoisotopic (exact) mass is 263 g/mol. The lowest BCUT2D eigenvalue weighted by molar-refractivity contribution is 0.00524. The second kappa shape index (κ2) is 5.65. The fourth-order valence-electron chi connectivity index (χ4n) is 2.53. The molecule has 1 aliphatic rings. The van der Waals surface area contributed by atoms with Crippen LogP contribution in [0.4, 0.5) is 0 Å². The first-order valence-electron chi connectivity index (χ1n) is 6.81. The number of rotatable bonds is 3. The first-order chi connectivity index (χ1) is 9.00. The molecule has 0 bridgehead atoms. The van der Waals surface area contributed by atoms with Gasteiger partial charge in [0.2, 0.25) is 0 Å². The molecule has 5 heteroatoms. The molecular formula is C14H21N3O2. The zero-order valence-corrected chi connectivity index (χ0v) is 11.6. The highest BCUT2D eigenvalue weighted by Gasteiger charge is 2.29. The lowest BCUT2D eigenvalue weighted by Crippen LogP contribution is -2.44. The molecule has 1 aliphatic carbocycles. The largest absolute Gasteiger partial charge is 0.388 e. The van der Waals surface area contributed by atoms with Gasteiger partial charge in [-0.05, 0) is 26.7 Å². The molecule has 0 unspecified atom stereocenters. The molecule has 0 spiro atoms. The van der Waals surface area contributed by atoms with Crippen LogP contribution in [-0.2, 0) is 0 Å². The van der Waals surface area contributed by atoms with E-state index in [2.05, 4.69) is 15.3 Å². The Bertz CT molecular complexity index is 468. The summed E-state index contributed by atoms with van der Waals surface area (Å²) in [6.07, 6.45) is 6.28. The molecular weight excluding hydrogens is 242 g/mol. The molecule has 0 radical (unpaired) electrons. The van der Waals surface area contributed by atoms with E-state index < -0.39 is 5.60 Å². The molecule has 1 heterocycles. The number of amides is 1. The van der Waals surface area contributed by atoms with Crippen molar-refractivity contribution in [2.24, 2.45) is 0 Å². The van der Waals surface area contributed by atoms with Crippen molar-refractivity contribution in [2.45, 2.75) is 51.6 Å². The molecule has 0 aromatic carbocycles. The van der Waals surface area contributed by atoms with E-state index in [0.29, 0.717) is 23.6 Å². The third kappa shape index (κ3) is 3.50. The normalized spacial score (nSPS) is 18.1. The summed E-state index contributed by atoms with van der Waals surface area (Å²) in [5.41, 5.74) is 0.401. The summed E-state index contributed by atoms with van der Waals surface area (Å²) >= 11 is 0. The summed E-state index contributed by atoms with van der Waals surface area (Å²) in [6.45, 7) is 3.89. The number of carbonyl (C=O) groups excluding carboxylic acids is 1. The maximum Gasteiger partial charge on any atom is 0.254 e. The Balaban J connectivity index is 1.97. The number of carbonyl (C=O) groups is 1. The van der Waals surface area contributed by atoms with Crippen LogP contribution < -0.4 is 5.32 Å². The molecule has 1 saturated carbocycles. The van der Waals surface area contributed by atoms with E-state index in [4.69, 9.17) is 0 Å². The van der Waals surface area contributed by atoms with Crippen LogP contribution in [0.1, 0.15) is 54.0 Å². The van der Waals surface area contributed by atoms with Crippen LogP contribution >= 0.6 is 0 Å². The van der Waals surface area contributed by atoms with Gasteiger partial charge in [0.25, 0.3) is 5.91 Å². The third-order valence-corrected chi connectivity index (χ3v) is 3.71. The van der Waals surface area contributed by atoms with Gasteiger partial charge in [-0.3, -0.25) is 4.79 Å². The van der Waals surface area contributed by atoms with E-state index in [9.17, 15) is 9.90 Å². The Hall–Kier alpha value is -1.49. The highest BCUT2D eigenvalue weighted by molar-refractivity contribution is 5.94. The summed E-state index contributed by atoms with van der Waals surface area (Å²) < 4.78 is 0. The summed E-state index contributed by atoms with van der Waals surface area (Å²) in [5, 5.41) is 13.1. The van der Waals surface area contributed by atoms with Crippen LogP contribution in [0.2, 0.25) is 0 Å². The second-order valence-corrected chi connectivity index (χ2v) is 5.38. The summed E-state index contributed by atoms with van der Waals surface area (Å²) in [7, 11) is 0. The zero-order valence-electron chi connectivity index (χ0n) is 11.6. The highest BCUT2D eigenvalue weighted by atomic mass is 16.3. The molecule has 2 rings (SSSR count). The van der Waals surface area contributed by atoms with Gasteiger partial charge in [0.05, 0.1) is 16.9 Å². The molecule has 0 atom stereocenters. The fraction of sp³-hybridized carbons (Fsp3) is 0.643. The number of aryl methyl sites for hydroxylation is 2. The van der Waals surface area contributed by atoms with E-state index in [-0.39, 0.29) is 5.91 Å². The molecule has 1 fully saturated rings. The van der Waals surface area contributed by atoms with Gasteiger partial charge in [-0.2, -0.15) is 0 Å². The molecule has 104 valence electrons. The van der Waals surface area contributed by atoms with Crippen LogP contribution in [0.5, 0.6) is 0 Å². The molecule has 1 amide bonds. The number of aromatic nitrogens is 2. The van der Waals surface area contributed by atoms with Crippen LogP contribution in [0, 0.1) is 13.8 Å². The Morgan fingerprint density at radius 2 is 2.05 bits per heavy atom. The van der Waals surface area contributed by atoms with Crippen molar-refractivity contribution in [1.29, 1.82) is 0 Å². The maximum absolute atomic E-state index is 12.1. The van der Waals surface area contributed by atoms with Gasteiger partial charge in [0, 0.05) is 12.7 Å². The highest BCUT2D eigenvalue weighted by Crippen LogP contribution is 2.27. The summed E-state index contributed by atoms with van der Waals surface area (Å²) in [6, 6.07) is 0. The molecule has 2 N–H and O–H groups in total. The third-order valence-electron chi connectivity index (χ3n) is 3.71. The predicted molar refractivity (Wildman–Crippen MR) is 71.9 cm³/mol. The van der Waals surface area contributed by atoms with Gasteiger partial charge >= 0.3 is 0 Å². The lowest BCUT2D eigenvalue weighted by atomic mass is 9.85. The fourth-order valence-corrected chi connectivity index (χ4v) is 2.53. The van der Waals surface area contributed by atoms with E-state index in [0.717, 1.165) is 25.7 Å². The number of hydrogen-bond acceptors (Lipinski definition) is 4. The zero-order chi connectivity index (χ0) is 13.9. The van der Waals surface area contributed by atoms with Crippen molar-refractivity contribution >= 4 is 5.91 Å². The predicted octanol–water partition coefficient (Wildman–Crippen LogP) is 1.52. The number of aliphatic hydroxyl groups is 1. The minimum absolute atomic E-state index is 0.212. The molecule has 1 aromatic rings. The van der Waals surface area contributed by atoms with Gasteiger partial charge in [-0.25, -0.2) is 9.97 Å². The average molecular weight is 263 g/mol. The minimum atomic E-state index is -0.743. The van der Waals surface area contributed by atoms with Gasteiger partial charge in [0.1, 0.15) is 5.82 Å². The van der Waals surface area contributed by atoms with Crippen LogP contribution in [0.15, 0.2) is 6.20 Å². The smallest absolute Gasteiger partial charge is 0.254 e. The van der Waals surface area contributed by atoms with Crippen LogP contribution in [-0.4, -0.2) is 33.1 Å². The van der Waals surface area contributed by atoms with Gasteiger partial charge < -0.3 is 10.4 Å². The van der Waals surface area contributed by atoms with Crippen molar-refractivity contribution < 1.29 is 9.90 Å². The Morgan fingerprint density at radius 3 is 2.68 bits per heavy atom. The molecule has 1 aromatic heterocycles. The lowest BCUT2D eigenvalue weighted by Gasteiger charge is -2.32. The Morgan fingerprint density at radius 1 is 1.37 bits per heavy atom. The molecule has 5 nitrogen and oxygen atoms in total. The van der Waals surface area contributed by atoms with Crippen molar-refractivity contribution in [1.82, 2.24) is 15.3 Å². The van der Waals surface area contributed by atoms with Gasteiger partial charge in [-0.15, -0.1) is 0 Å². The van der Waals surface area contributed by atoms with Crippen molar-refractivity contribution in [3.05, 3.63) is 23.3 Å². The average Bonchev–Trinajstić information content (AvgIpc) is 2.37. The molecule has 0 saturated heterocycles. The number of nitrogens with zero attached hydrogens (tertiary/aromatic N) is 2. The van der Waals surface area contributed by atoms with Crippen molar-refractivity contribution in [3.8, 4) is 0 Å². The van der Waals surface area contributed by atoms with E-state index >= 15 is 0 Å². The standard InChI is InChI=1S/C14H21N3O2/c1-10-12(8-15-11(2)17-10)13(18)16-9-14(19)6-4-3-5-7-14/h8,19H,3-7,9H2,1-2H3,(H,16,18). The van der Waals surface area contributed by atoms with Crippen molar-refractivity contribution in [3.63, 3.8) is 0 Å². The second-order valence-electron chi connectivity index (χ2n) is 5.38. The first-order valence-corrected chi connectivity index (χ1v) is 6.81. The number of hydrogen-bond donors (Lipinski definition) is 2.